The van der Waals surface area contributed by atoms with Crippen LogP contribution >= 0.6 is 0 Å². The van der Waals surface area contributed by atoms with Crippen LogP contribution in [0.4, 0.5) is 0 Å². The first kappa shape index (κ1) is 23.2. The minimum atomic E-state index is -0.467. The van der Waals surface area contributed by atoms with E-state index in [1.807, 2.05) is 12.1 Å². The van der Waals surface area contributed by atoms with Crippen molar-refractivity contribution in [3.8, 4) is 28.4 Å². The topological polar surface area (TPSA) is 65.0 Å². The Morgan fingerprint density at radius 3 is 2.17 bits per heavy atom. The number of hydrogen-bond acceptors (Lipinski definition) is 5. The highest BCUT2D eigenvalue weighted by Crippen LogP contribution is 2.61. The van der Waals surface area contributed by atoms with Gasteiger partial charge < -0.3 is 19.3 Å². The molecule has 3 aromatic rings. The highest BCUT2D eigenvalue weighted by molar-refractivity contribution is 6.02. The number of carbonyl (C=O) groups excluding carboxylic acids is 1. The van der Waals surface area contributed by atoms with Crippen molar-refractivity contribution in [2.75, 3.05) is 20.8 Å². The second-order valence-corrected chi connectivity index (χ2v) is 11.1. The molecule has 0 aromatic heterocycles. The van der Waals surface area contributed by atoms with Gasteiger partial charge in [0.15, 0.2) is 0 Å². The van der Waals surface area contributed by atoms with Gasteiger partial charge in [-0.05, 0) is 116 Å². The maximum absolute atomic E-state index is 12.3. The summed E-state index contributed by atoms with van der Waals surface area (Å²) < 4.78 is 16.7. The van der Waals surface area contributed by atoms with Crippen molar-refractivity contribution in [3.05, 3.63) is 53.6 Å². The second kappa shape index (κ2) is 8.72. The predicted octanol–water partition coefficient (Wildman–Crippen LogP) is 6.87. The predicted molar refractivity (Wildman–Crippen MR) is 140 cm³/mol. The van der Waals surface area contributed by atoms with Crippen molar-refractivity contribution in [1.29, 1.82) is 0 Å². The molecule has 0 spiro atoms. The van der Waals surface area contributed by atoms with Crippen LogP contribution in [0, 0.1) is 17.8 Å². The number of phenols is 1. The Kier molecular flexibility index (Phi) is 5.62. The number of rotatable bonds is 6. The van der Waals surface area contributed by atoms with E-state index < -0.39 is 5.97 Å². The first-order chi connectivity index (χ1) is 17.4. The molecule has 0 radical (unpaired) electrons. The van der Waals surface area contributed by atoms with Gasteiger partial charge in [-0.15, -0.1) is 0 Å². The SMILES string of the molecule is CCOC(=O)c1cc(O)c2cc(-c3cc(C45CC6CC(CC(C6)C4)C5)ccc3OC)cc(OC)c2c1. The van der Waals surface area contributed by atoms with E-state index in [9.17, 15) is 9.90 Å². The lowest BCUT2D eigenvalue weighted by Crippen LogP contribution is -2.48. The fraction of sp³-hybridized carbons (Fsp3) is 0.452. The Balaban J connectivity index is 1.47. The van der Waals surface area contributed by atoms with Crippen molar-refractivity contribution >= 4 is 16.7 Å². The van der Waals surface area contributed by atoms with Gasteiger partial charge in [-0.1, -0.05) is 6.07 Å². The van der Waals surface area contributed by atoms with Crippen LogP contribution < -0.4 is 9.47 Å². The number of carbonyl (C=O) groups is 1. The normalized spacial score (nSPS) is 26.2. The summed E-state index contributed by atoms with van der Waals surface area (Å²) in [7, 11) is 3.31. The van der Waals surface area contributed by atoms with Gasteiger partial charge in [0, 0.05) is 16.3 Å². The molecule has 36 heavy (non-hydrogen) atoms. The van der Waals surface area contributed by atoms with Crippen LogP contribution in [0.2, 0.25) is 0 Å². The van der Waals surface area contributed by atoms with Crippen LogP contribution in [-0.4, -0.2) is 31.9 Å². The molecule has 0 aliphatic heterocycles. The molecule has 0 amide bonds. The molecule has 5 nitrogen and oxygen atoms in total. The first-order valence-electron chi connectivity index (χ1n) is 13.1. The second-order valence-electron chi connectivity index (χ2n) is 11.1. The number of methoxy groups -OCH3 is 2. The maximum atomic E-state index is 12.3. The average molecular weight is 487 g/mol. The highest BCUT2D eigenvalue weighted by atomic mass is 16.5. The van der Waals surface area contributed by atoms with Crippen molar-refractivity contribution < 1.29 is 24.1 Å². The summed E-state index contributed by atoms with van der Waals surface area (Å²) in [5.41, 5.74) is 3.90. The third-order valence-electron chi connectivity index (χ3n) is 8.90. The van der Waals surface area contributed by atoms with Gasteiger partial charge in [0.1, 0.15) is 17.2 Å². The Labute approximate surface area is 212 Å². The molecular weight excluding hydrogens is 452 g/mol. The molecule has 1 N–H and O–H groups in total. The first-order valence-corrected chi connectivity index (χ1v) is 13.1. The average Bonchev–Trinajstić information content (AvgIpc) is 2.87. The van der Waals surface area contributed by atoms with E-state index in [1.165, 1.54) is 50.2 Å². The number of fused-ring (bicyclic) bond motifs is 1. The summed E-state index contributed by atoms with van der Waals surface area (Å²) in [4.78, 5) is 12.3. The van der Waals surface area contributed by atoms with E-state index in [1.54, 1.807) is 27.2 Å². The quantitative estimate of drug-likeness (QED) is 0.385. The van der Waals surface area contributed by atoms with Crippen molar-refractivity contribution in [1.82, 2.24) is 0 Å². The fourth-order valence-electron chi connectivity index (χ4n) is 7.79. The summed E-state index contributed by atoms with van der Waals surface area (Å²) in [6.45, 7) is 2.03. The molecule has 4 saturated carbocycles. The summed E-state index contributed by atoms with van der Waals surface area (Å²) in [6, 6.07) is 13.8. The molecule has 3 aromatic carbocycles. The van der Waals surface area contributed by atoms with Gasteiger partial charge in [-0.2, -0.15) is 0 Å². The largest absolute Gasteiger partial charge is 0.507 e. The number of phenolic OH excluding ortho intramolecular Hbond substituents is 1. The van der Waals surface area contributed by atoms with Crippen molar-refractivity contribution in [2.45, 2.75) is 50.9 Å². The summed E-state index contributed by atoms with van der Waals surface area (Å²) >= 11 is 0. The molecule has 4 aliphatic rings. The lowest BCUT2D eigenvalue weighted by molar-refractivity contribution is -0.00518. The Morgan fingerprint density at radius 1 is 0.889 bits per heavy atom. The zero-order valence-electron chi connectivity index (χ0n) is 21.3. The van der Waals surface area contributed by atoms with E-state index in [2.05, 4.69) is 18.2 Å². The zero-order chi connectivity index (χ0) is 25.0. The Bertz CT molecular complexity index is 1310. The Hall–Kier alpha value is -3.21. The molecule has 0 unspecified atom stereocenters. The summed E-state index contributed by atoms with van der Waals surface area (Å²) in [6.07, 6.45) is 8.13. The summed E-state index contributed by atoms with van der Waals surface area (Å²) in [5.74, 6) is 3.55. The van der Waals surface area contributed by atoms with E-state index in [0.717, 1.165) is 34.6 Å². The van der Waals surface area contributed by atoms with Crippen molar-refractivity contribution in [3.63, 3.8) is 0 Å². The standard InChI is InChI=1S/C31H34O5/c1-4-36-30(33)22-11-26-25(27(32)12-22)10-21(13-29(26)35-3)24-14-23(5-6-28(24)34-2)31-15-18-7-19(16-31)9-20(8-18)17-31/h5-6,10-14,18-20,32H,4,7-9,15-17H2,1-3H3. The van der Waals surface area contributed by atoms with E-state index in [0.29, 0.717) is 22.1 Å². The number of hydrogen-bond donors (Lipinski definition) is 1. The third-order valence-corrected chi connectivity index (χ3v) is 8.90. The van der Waals surface area contributed by atoms with Gasteiger partial charge in [-0.25, -0.2) is 4.79 Å². The molecule has 4 aliphatic carbocycles. The minimum Gasteiger partial charge on any atom is -0.507 e. The molecule has 5 heteroatoms. The molecule has 0 atom stereocenters. The van der Waals surface area contributed by atoms with E-state index in [4.69, 9.17) is 14.2 Å². The monoisotopic (exact) mass is 486 g/mol. The van der Waals surface area contributed by atoms with Crippen LogP contribution in [0.3, 0.4) is 0 Å². The van der Waals surface area contributed by atoms with Gasteiger partial charge >= 0.3 is 5.97 Å². The van der Waals surface area contributed by atoms with E-state index >= 15 is 0 Å². The summed E-state index contributed by atoms with van der Waals surface area (Å²) in [5, 5.41) is 12.2. The fourth-order valence-corrected chi connectivity index (χ4v) is 7.79. The van der Waals surface area contributed by atoms with Crippen LogP contribution in [0.15, 0.2) is 42.5 Å². The number of benzene rings is 3. The number of esters is 1. The van der Waals surface area contributed by atoms with Gasteiger partial charge in [0.25, 0.3) is 0 Å². The van der Waals surface area contributed by atoms with Gasteiger partial charge in [0.05, 0.1) is 26.4 Å². The van der Waals surface area contributed by atoms with Crippen LogP contribution in [0.25, 0.3) is 21.9 Å². The van der Waals surface area contributed by atoms with Crippen LogP contribution in [0.5, 0.6) is 17.2 Å². The zero-order valence-corrected chi connectivity index (χ0v) is 21.3. The number of aromatic hydroxyl groups is 1. The van der Waals surface area contributed by atoms with Gasteiger partial charge in [0.2, 0.25) is 0 Å². The van der Waals surface area contributed by atoms with Crippen LogP contribution in [0.1, 0.15) is 61.4 Å². The van der Waals surface area contributed by atoms with Crippen molar-refractivity contribution in [2.24, 2.45) is 17.8 Å². The number of ether oxygens (including phenoxy) is 3. The molecule has 188 valence electrons. The molecule has 7 rings (SSSR count). The Morgan fingerprint density at radius 2 is 1.56 bits per heavy atom. The molecule has 4 bridgehead atoms. The molecular formula is C31H34O5. The lowest BCUT2D eigenvalue weighted by Gasteiger charge is -2.57. The molecule has 4 fully saturated rings. The maximum Gasteiger partial charge on any atom is 0.338 e. The lowest BCUT2D eigenvalue weighted by atomic mass is 9.48. The smallest absolute Gasteiger partial charge is 0.338 e. The van der Waals surface area contributed by atoms with Crippen LogP contribution in [-0.2, 0) is 10.2 Å². The molecule has 0 heterocycles. The molecule has 0 saturated heterocycles. The van der Waals surface area contributed by atoms with Gasteiger partial charge in [-0.3, -0.25) is 0 Å². The highest BCUT2D eigenvalue weighted by Gasteiger charge is 2.51. The van der Waals surface area contributed by atoms with E-state index in [-0.39, 0.29) is 17.8 Å². The minimum absolute atomic E-state index is 0.0203. The third kappa shape index (κ3) is 3.71.